The van der Waals surface area contributed by atoms with Gasteiger partial charge in [0.2, 0.25) is 0 Å². The zero-order chi connectivity index (χ0) is 15.0. The summed E-state index contributed by atoms with van der Waals surface area (Å²) in [4.78, 5) is 14.9. The van der Waals surface area contributed by atoms with E-state index >= 15 is 0 Å². The van der Waals surface area contributed by atoms with Gasteiger partial charge in [0.1, 0.15) is 0 Å². The van der Waals surface area contributed by atoms with Crippen molar-refractivity contribution in [1.29, 1.82) is 0 Å². The lowest BCUT2D eigenvalue weighted by molar-refractivity contribution is 0.0498. The van der Waals surface area contributed by atoms with Gasteiger partial charge in [0.05, 0.1) is 5.56 Å². The van der Waals surface area contributed by atoms with Crippen molar-refractivity contribution in [2.24, 2.45) is 5.41 Å². The van der Waals surface area contributed by atoms with Crippen LogP contribution in [0.3, 0.4) is 0 Å². The molecule has 1 amide bonds. The summed E-state index contributed by atoms with van der Waals surface area (Å²) in [5.41, 5.74) is 1.39. The number of fused-ring (bicyclic) bond motifs is 1. The molecule has 3 nitrogen and oxygen atoms in total. The van der Waals surface area contributed by atoms with Gasteiger partial charge in [0.15, 0.2) is 0 Å². The van der Waals surface area contributed by atoms with Crippen LogP contribution in [0.2, 0.25) is 0 Å². The lowest BCUT2D eigenvalue weighted by Gasteiger charge is -2.44. The van der Waals surface area contributed by atoms with E-state index in [4.69, 9.17) is 0 Å². The first kappa shape index (κ1) is 14.2. The molecule has 0 saturated carbocycles. The standard InChI is InChI=1S/C18H22N2OS/c21-17(15-13-22-16-4-2-1-3-14(15)16)20-11-7-18(8-12-20)5-9-19-10-6-18/h1-4,13,19H,5-12H2. The molecule has 116 valence electrons. The maximum Gasteiger partial charge on any atom is 0.255 e. The van der Waals surface area contributed by atoms with Crippen LogP contribution in [0.5, 0.6) is 0 Å². The Morgan fingerprint density at radius 2 is 1.82 bits per heavy atom. The molecule has 1 aromatic carbocycles. The van der Waals surface area contributed by atoms with Crippen LogP contribution in [0, 0.1) is 5.41 Å². The van der Waals surface area contributed by atoms with E-state index in [0.717, 1.165) is 37.1 Å². The van der Waals surface area contributed by atoms with E-state index < -0.39 is 0 Å². The third kappa shape index (κ3) is 2.44. The second-order valence-corrected chi connectivity index (χ2v) is 7.60. The highest BCUT2D eigenvalue weighted by molar-refractivity contribution is 7.17. The van der Waals surface area contributed by atoms with Gasteiger partial charge < -0.3 is 10.2 Å². The van der Waals surface area contributed by atoms with Gasteiger partial charge in [0.25, 0.3) is 5.91 Å². The highest BCUT2D eigenvalue weighted by Crippen LogP contribution is 2.40. The number of rotatable bonds is 1. The number of piperidine rings is 2. The number of carbonyl (C=O) groups is 1. The second kappa shape index (κ2) is 5.67. The molecule has 2 aliphatic heterocycles. The Hall–Kier alpha value is -1.39. The predicted octanol–water partition coefficient (Wildman–Crippen LogP) is 3.51. The molecule has 0 aliphatic carbocycles. The van der Waals surface area contributed by atoms with Crippen LogP contribution < -0.4 is 5.32 Å². The number of benzene rings is 1. The van der Waals surface area contributed by atoms with Crippen LogP contribution in [0.25, 0.3) is 10.1 Å². The Morgan fingerprint density at radius 3 is 2.59 bits per heavy atom. The molecular weight excluding hydrogens is 292 g/mol. The number of hydrogen-bond donors (Lipinski definition) is 1. The molecule has 3 heterocycles. The highest BCUT2D eigenvalue weighted by atomic mass is 32.1. The number of nitrogens with one attached hydrogen (secondary N) is 1. The molecule has 1 spiro atoms. The van der Waals surface area contributed by atoms with E-state index in [1.165, 1.54) is 30.4 Å². The van der Waals surface area contributed by atoms with E-state index in [1.807, 2.05) is 17.5 Å². The normalized spacial score (nSPS) is 21.4. The molecule has 2 saturated heterocycles. The van der Waals surface area contributed by atoms with Gasteiger partial charge in [-0.25, -0.2) is 0 Å². The topological polar surface area (TPSA) is 32.3 Å². The summed E-state index contributed by atoms with van der Waals surface area (Å²) < 4.78 is 1.21. The smallest absolute Gasteiger partial charge is 0.255 e. The monoisotopic (exact) mass is 314 g/mol. The largest absolute Gasteiger partial charge is 0.339 e. The summed E-state index contributed by atoms with van der Waals surface area (Å²) in [5.74, 6) is 0.223. The molecule has 22 heavy (non-hydrogen) atoms. The molecule has 0 unspecified atom stereocenters. The molecular formula is C18H22N2OS. The number of carbonyl (C=O) groups excluding carboxylic acids is 1. The molecule has 4 heteroatoms. The number of thiophene rings is 1. The Kier molecular flexibility index (Phi) is 3.66. The summed E-state index contributed by atoms with van der Waals surface area (Å²) in [6, 6.07) is 8.22. The van der Waals surface area contributed by atoms with Gasteiger partial charge in [-0.1, -0.05) is 18.2 Å². The van der Waals surface area contributed by atoms with Gasteiger partial charge in [0, 0.05) is 28.6 Å². The molecule has 2 fully saturated rings. The quantitative estimate of drug-likeness (QED) is 0.873. The van der Waals surface area contributed by atoms with Crippen molar-refractivity contribution < 1.29 is 4.79 Å². The van der Waals surface area contributed by atoms with Crippen LogP contribution in [0.4, 0.5) is 0 Å². The van der Waals surface area contributed by atoms with E-state index in [9.17, 15) is 4.79 Å². The van der Waals surface area contributed by atoms with E-state index in [1.54, 1.807) is 11.3 Å². The minimum Gasteiger partial charge on any atom is -0.339 e. The number of amides is 1. The van der Waals surface area contributed by atoms with Gasteiger partial charge in [-0.05, 0) is 50.3 Å². The molecule has 4 rings (SSSR count). The molecule has 2 aromatic rings. The van der Waals surface area contributed by atoms with Crippen LogP contribution in [-0.4, -0.2) is 37.0 Å². The van der Waals surface area contributed by atoms with Crippen molar-refractivity contribution in [1.82, 2.24) is 10.2 Å². The summed E-state index contributed by atoms with van der Waals surface area (Å²) in [6.07, 6.45) is 4.89. The van der Waals surface area contributed by atoms with Gasteiger partial charge in [-0.2, -0.15) is 0 Å². The van der Waals surface area contributed by atoms with E-state index in [2.05, 4.69) is 22.3 Å². The molecule has 2 aliphatic rings. The van der Waals surface area contributed by atoms with Crippen molar-refractivity contribution in [3.8, 4) is 0 Å². The second-order valence-electron chi connectivity index (χ2n) is 6.69. The van der Waals surface area contributed by atoms with Gasteiger partial charge in [-0.15, -0.1) is 11.3 Å². The van der Waals surface area contributed by atoms with Crippen LogP contribution in [-0.2, 0) is 0 Å². The molecule has 1 N–H and O–H groups in total. The Balaban J connectivity index is 1.50. The maximum atomic E-state index is 12.9. The number of likely N-dealkylation sites (tertiary alicyclic amines) is 1. The van der Waals surface area contributed by atoms with Crippen molar-refractivity contribution in [3.05, 3.63) is 35.2 Å². The average molecular weight is 314 g/mol. The minimum absolute atomic E-state index is 0.223. The Labute approximate surface area is 135 Å². The molecule has 0 bridgehead atoms. The lowest BCUT2D eigenvalue weighted by atomic mass is 9.71. The van der Waals surface area contributed by atoms with E-state index in [0.29, 0.717) is 5.41 Å². The van der Waals surface area contributed by atoms with Crippen LogP contribution >= 0.6 is 11.3 Å². The fraction of sp³-hybridized carbons (Fsp3) is 0.500. The van der Waals surface area contributed by atoms with Gasteiger partial charge >= 0.3 is 0 Å². The van der Waals surface area contributed by atoms with Crippen molar-refractivity contribution in [3.63, 3.8) is 0 Å². The maximum absolute atomic E-state index is 12.9. The zero-order valence-electron chi connectivity index (χ0n) is 12.8. The number of nitrogens with zero attached hydrogens (tertiary/aromatic N) is 1. The Morgan fingerprint density at radius 1 is 1.09 bits per heavy atom. The summed E-state index contributed by atoms with van der Waals surface area (Å²) in [7, 11) is 0. The average Bonchev–Trinajstić information content (AvgIpc) is 3.00. The first-order valence-electron chi connectivity index (χ1n) is 8.24. The zero-order valence-corrected chi connectivity index (χ0v) is 13.6. The fourth-order valence-electron chi connectivity index (χ4n) is 3.96. The summed E-state index contributed by atoms with van der Waals surface area (Å²) in [6.45, 7) is 4.12. The third-order valence-electron chi connectivity index (χ3n) is 5.49. The van der Waals surface area contributed by atoms with Crippen molar-refractivity contribution in [2.75, 3.05) is 26.2 Å². The van der Waals surface area contributed by atoms with E-state index in [-0.39, 0.29) is 5.91 Å². The molecule has 1 aromatic heterocycles. The molecule has 0 radical (unpaired) electrons. The minimum atomic E-state index is 0.223. The van der Waals surface area contributed by atoms with Crippen molar-refractivity contribution in [2.45, 2.75) is 25.7 Å². The Bertz CT molecular complexity index is 677. The van der Waals surface area contributed by atoms with Crippen LogP contribution in [0.1, 0.15) is 36.0 Å². The lowest BCUT2D eigenvalue weighted by Crippen LogP contribution is -2.47. The first-order valence-corrected chi connectivity index (χ1v) is 9.12. The fourth-order valence-corrected chi connectivity index (χ4v) is 4.89. The van der Waals surface area contributed by atoms with Crippen molar-refractivity contribution >= 4 is 27.3 Å². The van der Waals surface area contributed by atoms with Crippen LogP contribution in [0.15, 0.2) is 29.6 Å². The SMILES string of the molecule is O=C(c1csc2ccccc12)N1CCC2(CCNCC2)CC1. The third-order valence-corrected chi connectivity index (χ3v) is 6.45. The van der Waals surface area contributed by atoms with Gasteiger partial charge in [-0.3, -0.25) is 4.79 Å². The predicted molar refractivity (Wildman–Crippen MR) is 91.5 cm³/mol. The summed E-state index contributed by atoms with van der Waals surface area (Å²) in [5, 5.41) is 6.59. The molecule has 0 atom stereocenters. The first-order chi connectivity index (χ1) is 10.8. The number of hydrogen-bond acceptors (Lipinski definition) is 3. The highest BCUT2D eigenvalue weighted by Gasteiger charge is 2.37. The summed E-state index contributed by atoms with van der Waals surface area (Å²) >= 11 is 1.67.